The first-order chi connectivity index (χ1) is 8.71. The number of aryl methyl sites for hydroxylation is 1. The Morgan fingerprint density at radius 3 is 2.89 bits per heavy atom. The van der Waals surface area contributed by atoms with Crippen LogP contribution < -0.4 is 5.32 Å². The van der Waals surface area contributed by atoms with Gasteiger partial charge in [0.1, 0.15) is 0 Å². The van der Waals surface area contributed by atoms with E-state index in [9.17, 15) is 0 Å². The molecule has 1 aliphatic heterocycles. The molecule has 0 amide bonds. The normalized spacial score (nSPS) is 21.7. The molecule has 2 heterocycles. The molecule has 3 rings (SSSR count). The van der Waals surface area contributed by atoms with E-state index in [1.807, 2.05) is 0 Å². The van der Waals surface area contributed by atoms with Crippen LogP contribution in [-0.2, 0) is 18.5 Å². The van der Waals surface area contributed by atoms with Crippen LogP contribution >= 0.6 is 0 Å². The molecule has 18 heavy (non-hydrogen) atoms. The fraction of sp³-hybridized carbons (Fsp3) is 0.800. The molecule has 0 aromatic carbocycles. The van der Waals surface area contributed by atoms with E-state index in [1.165, 1.54) is 43.5 Å². The standard InChI is InChI=1S/C15H25N3/c1-12(2)6-10-18-11-16-13-5-9-17-15(14(13)18)7-3-4-8-15/h11-12,17H,3-10H2,1-2H3. The number of fused-ring (bicyclic) bond motifs is 2. The van der Waals surface area contributed by atoms with Crippen molar-refractivity contribution in [2.24, 2.45) is 5.92 Å². The lowest BCUT2D eigenvalue weighted by Gasteiger charge is -2.36. The van der Waals surface area contributed by atoms with Crippen LogP contribution in [0, 0.1) is 5.92 Å². The lowest BCUT2D eigenvalue weighted by molar-refractivity contribution is 0.298. The van der Waals surface area contributed by atoms with E-state index < -0.39 is 0 Å². The largest absolute Gasteiger partial charge is 0.333 e. The molecule has 1 aliphatic carbocycles. The van der Waals surface area contributed by atoms with Gasteiger partial charge in [-0.25, -0.2) is 4.98 Å². The average molecular weight is 247 g/mol. The molecular weight excluding hydrogens is 222 g/mol. The molecule has 3 heteroatoms. The second-order valence-corrected chi connectivity index (χ2v) is 6.38. The summed E-state index contributed by atoms with van der Waals surface area (Å²) in [6.07, 6.45) is 9.76. The zero-order valence-electron chi connectivity index (χ0n) is 11.7. The first-order valence-corrected chi connectivity index (χ1v) is 7.51. The van der Waals surface area contributed by atoms with E-state index in [-0.39, 0.29) is 5.54 Å². The molecule has 0 saturated heterocycles. The minimum atomic E-state index is 0.265. The van der Waals surface area contributed by atoms with Crippen molar-refractivity contribution in [1.29, 1.82) is 0 Å². The van der Waals surface area contributed by atoms with Gasteiger partial charge < -0.3 is 9.88 Å². The van der Waals surface area contributed by atoms with Crippen molar-refractivity contribution in [3.63, 3.8) is 0 Å². The number of imidazole rings is 1. The number of aromatic nitrogens is 2. The molecule has 3 nitrogen and oxygen atoms in total. The predicted molar refractivity (Wildman–Crippen MR) is 73.5 cm³/mol. The Labute approximate surface area is 110 Å². The van der Waals surface area contributed by atoms with Crippen molar-refractivity contribution in [2.75, 3.05) is 6.54 Å². The third-order valence-corrected chi connectivity index (χ3v) is 4.60. The fourth-order valence-electron chi connectivity index (χ4n) is 3.62. The monoisotopic (exact) mass is 247 g/mol. The summed E-state index contributed by atoms with van der Waals surface area (Å²) in [4.78, 5) is 4.68. The van der Waals surface area contributed by atoms with Crippen molar-refractivity contribution in [3.05, 3.63) is 17.7 Å². The van der Waals surface area contributed by atoms with Gasteiger partial charge >= 0.3 is 0 Å². The van der Waals surface area contributed by atoms with Gasteiger partial charge in [0.05, 0.1) is 23.3 Å². The number of rotatable bonds is 3. The number of nitrogens with one attached hydrogen (secondary N) is 1. The SMILES string of the molecule is CC(C)CCn1cnc2c1C1(CCCC1)NCC2. The predicted octanol–water partition coefficient (Wildman–Crippen LogP) is 2.84. The van der Waals surface area contributed by atoms with Crippen LogP contribution in [0.15, 0.2) is 6.33 Å². The van der Waals surface area contributed by atoms with Gasteiger partial charge in [0.15, 0.2) is 0 Å². The number of hydrogen-bond acceptors (Lipinski definition) is 2. The summed E-state index contributed by atoms with van der Waals surface area (Å²) in [6.45, 7) is 6.83. The second kappa shape index (κ2) is 4.69. The van der Waals surface area contributed by atoms with Gasteiger partial charge in [-0.15, -0.1) is 0 Å². The van der Waals surface area contributed by atoms with E-state index in [0.717, 1.165) is 25.4 Å². The molecule has 0 atom stereocenters. The molecule has 0 bridgehead atoms. The summed E-state index contributed by atoms with van der Waals surface area (Å²) in [7, 11) is 0. The fourth-order valence-corrected chi connectivity index (χ4v) is 3.62. The van der Waals surface area contributed by atoms with Crippen LogP contribution in [-0.4, -0.2) is 16.1 Å². The van der Waals surface area contributed by atoms with Gasteiger partial charge in [-0.05, 0) is 25.2 Å². The molecule has 1 aromatic heterocycles. The minimum absolute atomic E-state index is 0.265. The third-order valence-electron chi connectivity index (χ3n) is 4.60. The smallest absolute Gasteiger partial charge is 0.0952 e. The summed E-state index contributed by atoms with van der Waals surface area (Å²) < 4.78 is 2.44. The van der Waals surface area contributed by atoms with Gasteiger partial charge in [0.2, 0.25) is 0 Å². The van der Waals surface area contributed by atoms with E-state index in [0.29, 0.717) is 0 Å². The van der Waals surface area contributed by atoms with Gasteiger partial charge in [0.25, 0.3) is 0 Å². The Morgan fingerprint density at radius 1 is 1.39 bits per heavy atom. The topological polar surface area (TPSA) is 29.9 Å². The summed E-state index contributed by atoms with van der Waals surface area (Å²) in [6, 6.07) is 0. The first-order valence-electron chi connectivity index (χ1n) is 7.51. The molecule has 1 saturated carbocycles. The third kappa shape index (κ3) is 1.99. The van der Waals surface area contributed by atoms with Crippen molar-refractivity contribution >= 4 is 0 Å². The van der Waals surface area contributed by atoms with E-state index in [1.54, 1.807) is 0 Å². The molecule has 2 aliphatic rings. The zero-order valence-corrected chi connectivity index (χ0v) is 11.7. The molecule has 1 N–H and O–H groups in total. The highest BCUT2D eigenvalue weighted by molar-refractivity contribution is 5.28. The van der Waals surface area contributed by atoms with Gasteiger partial charge in [-0.2, -0.15) is 0 Å². The minimum Gasteiger partial charge on any atom is -0.333 e. The quantitative estimate of drug-likeness (QED) is 0.890. The lowest BCUT2D eigenvalue weighted by Crippen LogP contribution is -2.46. The molecular formula is C15H25N3. The van der Waals surface area contributed by atoms with Crippen molar-refractivity contribution in [1.82, 2.24) is 14.9 Å². The summed E-state index contributed by atoms with van der Waals surface area (Å²) >= 11 is 0. The lowest BCUT2D eigenvalue weighted by atomic mass is 9.87. The summed E-state index contributed by atoms with van der Waals surface area (Å²) in [5.41, 5.74) is 3.15. The maximum Gasteiger partial charge on any atom is 0.0952 e. The van der Waals surface area contributed by atoms with Gasteiger partial charge in [0, 0.05) is 19.5 Å². The highest BCUT2D eigenvalue weighted by atomic mass is 15.1. The van der Waals surface area contributed by atoms with E-state index >= 15 is 0 Å². The Bertz CT molecular complexity index is 413. The maximum atomic E-state index is 4.68. The first kappa shape index (κ1) is 12.2. The van der Waals surface area contributed by atoms with Crippen LogP contribution in [0.3, 0.4) is 0 Å². The van der Waals surface area contributed by atoms with Crippen LogP contribution in [0.2, 0.25) is 0 Å². The summed E-state index contributed by atoms with van der Waals surface area (Å²) in [5.74, 6) is 0.763. The molecule has 0 unspecified atom stereocenters. The molecule has 1 fully saturated rings. The Morgan fingerprint density at radius 2 is 2.17 bits per heavy atom. The maximum absolute atomic E-state index is 4.68. The second-order valence-electron chi connectivity index (χ2n) is 6.38. The van der Waals surface area contributed by atoms with Crippen LogP contribution in [0.4, 0.5) is 0 Å². The van der Waals surface area contributed by atoms with Crippen LogP contribution in [0.1, 0.15) is 57.3 Å². The van der Waals surface area contributed by atoms with Gasteiger partial charge in [-0.3, -0.25) is 0 Å². The Hall–Kier alpha value is -0.830. The Balaban J connectivity index is 1.91. The summed E-state index contributed by atoms with van der Waals surface area (Å²) in [5, 5.41) is 3.80. The van der Waals surface area contributed by atoms with E-state index in [2.05, 4.69) is 35.0 Å². The Kier molecular flexibility index (Phi) is 3.18. The van der Waals surface area contributed by atoms with Crippen LogP contribution in [0.5, 0.6) is 0 Å². The molecule has 1 aromatic rings. The highest BCUT2D eigenvalue weighted by Crippen LogP contribution is 2.42. The highest BCUT2D eigenvalue weighted by Gasteiger charge is 2.41. The molecule has 1 spiro atoms. The van der Waals surface area contributed by atoms with Crippen molar-refractivity contribution < 1.29 is 0 Å². The van der Waals surface area contributed by atoms with Gasteiger partial charge in [-0.1, -0.05) is 26.7 Å². The number of hydrogen-bond donors (Lipinski definition) is 1. The molecule has 100 valence electrons. The zero-order chi connectivity index (χ0) is 12.6. The van der Waals surface area contributed by atoms with Crippen molar-refractivity contribution in [3.8, 4) is 0 Å². The molecule has 0 radical (unpaired) electrons. The number of nitrogens with zero attached hydrogens (tertiary/aromatic N) is 2. The van der Waals surface area contributed by atoms with Crippen LogP contribution in [0.25, 0.3) is 0 Å². The van der Waals surface area contributed by atoms with E-state index in [4.69, 9.17) is 0 Å². The average Bonchev–Trinajstić information content (AvgIpc) is 2.95. The van der Waals surface area contributed by atoms with Crippen molar-refractivity contribution in [2.45, 2.75) is 64.5 Å².